The molecule has 1 unspecified atom stereocenters. The topological polar surface area (TPSA) is 97.8 Å². The molecule has 0 spiro atoms. The Morgan fingerprint density at radius 1 is 1.30 bits per heavy atom. The lowest BCUT2D eigenvalue weighted by atomic mass is 10.0. The molecule has 0 aromatic carbocycles. The van der Waals surface area contributed by atoms with Crippen LogP contribution in [0.5, 0.6) is 0 Å². The Morgan fingerprint density at radius 3 is 2.85 bits per heavy atom. The maximum absolute atomic E-state index is 5.45. The predicted octanol–water partition coefficient (Wildman–Crippen LogP) is 0.579. The number of hydrazine groups is 1. The Hall–Kier alpha value is -2.22. The van der Waals surface area contributed by atoms with E-state index in [1.54, 1.807) is 23.3 Å². The molecule has 0 bridgehead atoms. The minimum Gasteiger partial charge on any atom is -0.340 e. The number of aromatic nitrogens is 5. The van der Waals surface area contributed by atoms with E-state index in [1.807, 2.05) is 0 Å². The largest absolute Gasteiger partial charge is 0.340 e. The Kier molecular flexibility index (Phi) is 3.46. The normalized spacial score (nSPS) is 19.1. The molecule has 1 aliphatic rings. The predicted molar refractivity (Wildman–Crippen MR) is 75.4 cm³/mol. The molecular weight excluding hydrogens is 256 g/mol. The van der Waals surface area contributed by atoms with E-state index in [9.17, 15) is 0 Å². The highest BCUT2D eigenvalue weighted by molar-refractivity contribution is 5.40. The van der Waals surface area contributed by atoms with Gasteiger partial charge >= 0.3 is 0 Å². The highest BCUT2D eigenvalue weighted by Crippen LogP contribution is 2.21. The molecule has 8 heteroatoms. The summed E-state index contributed by atoms with van der Waals surface area (Å²) >= 11 is 0. The number of hydrogen-bond acceptors (Lipinski definition) is 7. The van der Waals surface area contributed by atoms with Gasteiger partial charge in [-0.1, -0.05) is 6.92 Å². The van der Waals surface area contributed by atoms with E-state index in [1.165, 1.54) is 6.42 Å². The number of rotatable bonds is 3. The van der Waals surface area contributed by atoms with Crippen LogP contribution in [0, 0.1) is 5.92 Å². The third-order valence-corrected chi connectivity index (χ3v) is 3.42. The number of nitrogens with two attached hydrogens (primary N) is 1. The van der Waals surface area contributed by atoms with Gasteiger partial charge in [-0.2, -0.15) is 15.0 Å². The Labute approximate surface area is 117 Å². The first-order chi connectivity index (χ1) is 9.76. The summed E-state index contributed by atoms with van der Waals surface area (Å²) in [6.07, 6.45) is 7.52. The lowest BCUT2D eigenvalue weighted by molar-refractivity contribution is 0.441. The van der Waals surface area contributed by atoms with Gasteiger partial charge in [-0.3, -0.25) is 9.99 Å². The number of piperidine rings is 1. The summed E-state index contributed by atoms with van der Waals surface area (Å²) in [6.45, 7) is 4.16. The van der Waals surface area contributed by atoms with E-state index in [-0.39, 0.29) is 0 Å². The van der Waals surface area contributed by atoms with E-state index < -0.39 is 0 Å². The molecule has 2 aromatic heterocycles. The van der Waals surface area contributed by atoms with Crippen molar-refractivity contribution in [2.75, 3.05) is 23.4 Å². The minimum atomic E-state index is 0.358. The summed E-state index contributed by atoms with van der Waals surface area (Å²) < 4.78 is 1.74. The first-order valence-electron chi connectivity index (χ1n) is 6.72. The quantitative estimate of drug-likeness (QED) is 0.624. The van der Waals surface area contributed by atoms with Crippen molar-refractivity contribution < 1.29 is 0 Å². The molecular formula is C12H18N8. The lowest BCUT2D eigenvalue weighted by Crippen LogP contribution is -2.36. The summed E-state index contributed by atoms with van der Waals surface area (Å²) in [6, 6.07) is 0. The lowest BCUT2D eigenvalue weighted by Gasteiger charge is -2.31. The summed E-state index contributed by atoms with van der Waals surface area (Å²) in [5.41, 5.74) is 2.50. The zero-order valence-corrected chi connectivity index (χ0v) is 11.4. The fourth-order valence-electron chi connectivity index (χ4n) is 2.42. The van der Waals surface area contributed by atoms with Gasteiger partial charge in [-0.05, 0) is 18.8 Å². The van der Waals surface area contributed by atoms with Crippen molar-refractivity contribution in [1.82, 2.24) is 24.5 Å². The van der Waals surface area contributed by atoms with E-state index in [0.29, 0.717) is 23.8 Å². The van der Waals surface area contributed by atoms with Gasteiger partial charge in [0.2, 0.25) is 17.8 Å². The monoisotopic (exact) mass is 274 g/mol. The van der Waals surface area contributed by atoms with Crippen LogP contribution in [0.2, 0.25) is 0 Å². The molecule has 1 fully saturated rings. The Balaban J connectivity index is 1.96. The number of hydrogen-bond donors (Lipinski definition) is 2. The maximum Gasteiger partial charge on any atom is 0.243 e. The second-order valence-electron chi connectivity index (χ2n) is 5.07. The molecule has 0 radical (unpaired) electrons. The molecule has 0 saturated carbocycles. The molecule has 1 saturated heterocycles. The van der Waals surface area contributed by atoms with Crippen molar-refractivity contribution in [2.45, 2.75) is 19.8 Å². The summed E-state index contributed by atoms with van der Waals surface area (Å²) in [5.74, 6) is 7.62. The number of nitrogens with zero attached hydrogens (tertiary/aromatic N) is 6. The molecule has 3 N–H and O–H groups in total. The minimum absolute atomic E-state index is 0.358. The van der Waals surface area contributed by atoms with Crippen LogP contribution in [0.4, 0.5) is 11.9 Å². The van der Waals surface area contributed by atoms with Crippen LogP contribution in [0.3, 0.4) is 0 Å². The SMILES string of the molecule is CC1CCCN(c2nc(NN)nc(-n3ccnc3)n2)C1. The molecule has 3 heterocycles. The van der Waals surface area contributed by atoms with Crippen LogP contribution in [-0.2, 0) is 0 Å². The van der Waals surface area contributed by atoms with Crippen LogP contribution in [0.25, 0.3) is 5.95 Å². The standard InChI is InChI=1S/C12H18N8/c1-9-3-2-5-19(7-9)11-15-10(18-13)16-12(17-11)20-6-4-14-8-20/h4,6,8-9H,2-3,5,7,13H2,1H3,(H,15,16,17,18). The van der Waals surface area contributed by atoms with Crippen molar-refractivity contribution in [2.24, 2.45) is 11.8 Å². The average molecular weight is 274 g/mol. The summed E-state index contributed by atoms with van der Waals surface area (Å²) in [7, 11) is 0. The van der Waals surface area contributed by atoms with Crippen LogP contribution in [0.1, 0.15) is 19.8 Å². The average Bonchev–Trinajstić information content (AvgIpc) is 3.01. The molecule has 8 nitrogen and oxygen atoms in total. The third kappa shape index (κ3) is 2.55. The van der Waals surface area contributed by atoms with E-state index >= 15 is 0 Å². The second kappa shape index (κ2) is 5.41. The molecule has 1 aliphatic heterocycles. The number of imidazole rings is 1. The summed E-state index contributed by atoms with van der Waals surface area (Å²) in [5, 5.41) is 0. The van der Waals surface area contributed by atoms with Crippen LogP contribution in [0.15, 0.2) is 18.7 Å². The second-order valence-corrected chi connectivity index (χ2v) is 5.07. The first-order valence-corrected chi connectivity index (χ1v) is 6.72. The number of nitrogen functional groups attached to an aromatic ring is 1. The van der Waals surface area contributed by atoms with Gasteiger partial charge in [0.05, 0.1) is 0 Å². The van der Waals surface area contributed by atoms with Crippen molar-refractivity contribution in [3.05, 3.63) is 18.7 Å². The molecule has 3 rings (SSSR count). The number of anilines is 2. The number of nitrogens with one attached hydrogen (secondary N) is 1. The molecule has 2 aromatic rings. The zero-order chi connectivity index (χ0) is 13.9. The Bertz CT molecular complexity index is 567. The zero-order valence-electron chi connectivity index (χ0n) is 11.4. The summed E-state index contributed by atoms with van der Waals surface area (Å²) in [4.78, 5) is 19.3. The van der Waals surface area contributed by atoms with Gasteiger partial charge in [0.25, 0.3) is 0 Å². The van der Waals surface area contributed by atoms with Crippen molar-refractivity contribution in [3.8, 4) is 5.95 Å². The van der Waals surface area contributed by atoms with Gasteiger partial charge in [0.15, 0.2) is 0 Å². The highest BCUT2D eigenvalue weighted by Gasteiger charge is 2.20. The smallest absolute Gasteiger partial charge is 0.243 e. The van der Waals surface area contributed by atoms with Crippen molar-refractivity contribution >= 4 is 11.9 Å². The Morgan fingerprint density at radius 2 is 2.15 bits per heavy atom. The van der Waals surface area contributed by atoms with Gasteiger partial charge in [-0.25, -0.2) is 10.8 Å². The van der Waals surface area contributed by atoms with Gasteiger partial charge in [0, 0.05) is 25.5 Å². The van der Waals surface area contributed by atoms with E-state index in [4.69, 9.17) is 5.84 Å². The van der Waals surface area contributed by atoms with Crippen LogP contribution >= 0.6 is 0 Å². The van der Waals surface area contributed by atoms with Crippen LogP contribution in [-0.4, -0.2) is 37.6 Å². The molecule has 1 atom stereocenters. The van der Waals surface area contributed by atoms with Crippen LogP contribution < -0.4 is 16.2 Å². The highest BCUT2D eigenvalue weighted by atomic mass is 15.4. The van der Waals surface area contributed by atoms with E-state index in [2.05, 4.69) is 37.2 Å². The van der Waals surface area contributed by atoms with E-state index in [0.717, 1.165) is 19.5 Å². The first kappa shape index (κ1) is 12.8. The van der Waals surface area contributed by atoms with Crippen molar-refractivity contribution in [1.29, 1.82) is 0 Å². The molecule has 0 aliphatic carbocycles. The van der Waals surface area contributed by atoms with Gasteiger partial charge in [0.1, 0.15) is 6.33 Å². The van der Waals surface area contributed by atoms with Gasteiger partial charge < -0.3 is 4.90 Å². The third-order valence-electron chi connectivity index (χ3n) is 3.42. The van der Waals surface area contributed by atoms with Gasteiger partial charge in [-0.15, -0.1) is 0 Å². The fraction of sp³-hybridized carbons (Fsp3) is 0.500. The molecule has 0 amide bonds. The maximum atomic E-state index is 5.45. The fourth-order valence-corrected chi connectivity index (χ4v) is 2.42. The van der Waals surface area contributed by atoms with Crippen molar-refractivity contribution in [3.63, 3.8) is 0 Å². The molecule has 20 heavy (non-hydrogen) atoms. The molecule has 106 valence electrons.